The number of carboxylic acids is 2. The molecule has 1 heterocycles. The van der Waals surface area contributed by atoms with Gasteiger partial charge in [0, 0.05) is 24.8 Å². The van der Waals surface area contributed by atoms with Gasteiger partial charge in [0.2, 0.25) is 0 Å². The fourth-order valence-electron chi connectivity index (χ4n) is 4.26. The molecule has 3 rings (SSSR count). The number of ether oxygens (including phenoxy) is 3. The van der Waals surface area contributed by atoms with Gasteiger partial charge in [0.25, 0.3) is 0 Å². The number of carbonyl (C=O) groups is 3. The number of ketones is 1. The number of hydrogen-bond donors (Lipinski definition) is 3. The van der Waals surface area contributed by atoms with E-state index < -0.39 is 17.5 Å². The van der Waals surface area contributed by atoms with Crippen LogP contribution in [0.15, 0.2) is 36.4 Å². The van der Waals surface area contributed by atoms with Gasteiger partial charge >= 0.3 is 11.9 Å². The van der Waals surface area contributed by atoms with Crippen LogP contribution in [0.3, 0.4) is 0 Å². The third kappa shape index (κ3) is 7.13. The van der Waals surface area contributed by atoms with Crippen LogP contribution in [0.25, 0.3) is 0 Å². The molecule has 0 aromatic heterocycles. The summed E-state index contributed by atoms with van der Waals surface area (Å²) in [5.41, 5.74) is -0.0693. The summed E-state index contributed by atoms with van der Waals surface area (Å²) in [6, 6.07) is 9.84. The van der Waals surface area contributed by atoms with Crippen molar-refractivity contribution in [2.24, 2.45) is 0 Å². The van der Waals surface area contributed by atoms with E-state index in [1.165, 1.54) is 0 Å². The Morgan fingerprint density at radius 1 is 0.972 bits per heavy atom. The highest BCUT2D eigenvalue weighted by atomic mass is 16.5. The number of phenols is 1. The number of phenolic OH excluding ortho intramolecular Hbond substituents is 1. The molecule has 0 saturated heterocycles. The molecule has 0 saturated carbocycles. The quantitative estimate of drug-likeness (QED) is 0.317. The Morgan fingerprint density at radius 3 is 2.22 bits per heavy atom. The highest BCUT2D eigenvalue weighted by Crippen LogP contribution is 2.44. The van der Waals surface area contributed by atoms with Gasteiger partial charge in [-0.2, -0.15) is 0 Å². The topological polar surface area (TPSA) is 140 Å². The van der Waals surface area contributed by atoms with E-state index in [0.29, 0.717) is 48.9 Å². The van der Waals surface area contributed by atoms with Gasteiger partial charge in [-0.25, -0.2) is 0 Å². The molecular formula is C27H32O9. The van der Waals surface area contributed by atoms with Crippen LogP contribution in [-0.4, -0.2) is 51.9 Å². The van der Waals surface area contributed by atoms with Crippen molar-refractivity contribution in [1.82, 2.24) is 0 Å². The van der Waals surface area contributed by atoms with Gasteiger partial charge < -0.3 is 29.5 Å². The molecule has 0 atom stereocenters. The molecule has 194 valence electrons. The molecule has 3 N–H and O–H groups in total. The molecule has 1 aliphatic heterocycles. The Morgan fingerprint density at radius 2 is 1.61 bits per heavy atom. The van der Waals surface area contributed by atoms with Crippen LogP contribution in [0.4, 0.5) is 0 Å². The maximum Gasteiger partial charge on any atom is 0.303 e. The van der Waals surface area contributed by atoms with Gasteiger partial charge in [-0.05, 0) is 55.7 Å². The van der Waals surface area contributed by atoms with Crippen LogP contribution in [-0.2, 0) is 16.0 Å². The van der Waals surface area contributed by atoms with E-state index in [1.807, 2.05) is 6.92 Å². The number of hydrogen-bond acceptors (Lipinski definition) is 7. The summed E-state index contributed by atoms with van der Waals surface area (Å²) in [6.07, 6.45) is 1.45. The Bertz CT molecular complexity index is 1060. The third-order valence-electron chi connectivity index (χ3n) is 6.06. The molecule has 2 aromatic carbocycles. The van der Waals surface area contributed by atoms with Gasteiger partial charge in [-0.15, -0.1) is 0 Å². The SMILES string of the molecule is CCCc1c(OCCCOc2ccc(O)cc2)ccc2c1OC(CCC(=O)O)(CCC(=O)O)CC2=O. The molecule has 1 aliphatic rings. The van der Waals surface area contributed by atoms with E-state index in [-0.39, 0.29) is 43.6 Å². The predicted molar refractivity (Wildman–Crippen MR) is 130 cm³/mol. The minimum atomic E-state index is -1.19. The summed E-state index contributed by atoms with van der Waals surface area (Å²) in [5, 5.41) is 27.8. The molecule has 0 spiro atoms. The number of rotatable bonds is 14. The van der Waals surface area contributed by atoms with Crippen molar-refractivity contribution in [3.63, 3.8) is 0 Å². The van der Waals surface area contributed by atoms with Crippen molar-refractivity contribution in [1.29, 1.82) is 0 Å². The zero-order chi connectivity index (χ0) is 26.1. The standard InChI is InChI=1S/C27H32O9/c1-2-4-21-23(35-16-3-15-34-19-7-5-18(28)6-8-19)10-9-20-22(29)17-27(36-26(20)21,13-11-24(30)31)14-12-25(32)33/h5-10,28H,2-4,11-17H2,1H3,(H,30,31)(H,32,33). The Kier molecular flexibility index (Phi) is 9.16. The summed E-state index contributed by atoms with van der Waals surface area (Å²) in [7, 11) is 0. The number of benzene rings is 2. The van der Waals surface area contributed by atoms with Gasteiger partial charge in [0.05, 0.1) is 25.2 Å². The summed E-state index contributed by atoms with van der Waals surface area (Å²) in [4.78, 5) is 35.6. The first-order valence-corrected chi connectivity index (χ1v) is 12.1. The van der Waals surface area contributed by atoms with E-state index in [1.54, 1.807) is 36.4 Å². The molecule has 0 radical (unpaired) electrons. The van der Waals surface area contributed by atoms with Crippen molar-refractivity contribution in [3.8, 4) is 23.0 Å². The first kappa shape index (κ1) is 26.8. The summed E-state index contributed by atoms with van der Waals surface area (Å²) in [6.45, 7) is 2.74. The molecule has 2 aromatic rings. The lowest BCUT2D eigenvalue weighted by atomic mass is 9.82. The van der Waals surface area contributed by atoms with E-state index >= 15 is 0 Å². The molecule has 36 heavy (non-hydrogen) atoms. The van der Waals surface area contributed by atoms with E-state index in [2.05, 4.69) is 0 Å². The van der Waals surface area contributed by atoms with Crippen molar-refractivity contribution in [2.75, 3.05) is 13.2 Å². The maximum atomic E-state index is 13.1. The summed E-state index contributed by atoms with van der Waals surface area (Å²) < 4.78 is 18.0. The van der Waals surface area contributed by atoms with Crippen LogP contribution in [0.2, 0.25) is 0 Å². The third-order valence-corrected chi connectivity index (χ3v) is 6.06. The molecule has 9 nitrogen and oxygen atoms in total. The molecule has 0 bridgehead atoms. The second-order valence-electron chi connectivity index (χ2n) is 8.89. The van der Waals surface area contributed by atoms with Crippen LogP contribution in [0.5, 0.6) is 23.0 Å². The van der Waals surface area contributed by atoms with E-state index in [4.69, 9.17) is 14.2 Å². The Labute approximate surface area is 209 Å². The number of carboxylic acid groups (broad SMARTS) is 2. The first-order valence-electron chi connectivity index (χ1n) is 12.1. The van der Waals surface area contributed by atoms with Crippen molar-refractivity contribution in [2.45, 2.75) is 63.9 Å². The smallest absolute Gasteiger partial charge is 0.303 e. The number of aliphatic carboxylic acids is 2. The number of Topliss-reactive ketones (excluding diaryl/α,β-unsaturated/α-hetero) is 1. The lowest BCUT2D eigenvalue weighted by Gasteiger charge is -2.39. The van der Waals surface area contributed by atoms with Crippen molar-refractivity contribution >= 4 is 17.7 Å². The van der Waals surface area contributed by atoms with Gasteiger partial charge in [0.15, 0.2) is 5.78 Å². The lowest BCUT2D eigenvalue weighted by Crippen LogP contribution is -2.43. The lowest BCUT2D eigenvalue weighted by molar-refractivity contribution is -0.139. The molecule has 9 heteroatoms. The molecule has 0 amide bonds. The number of carbonyl (C=O) groups excluding carboxylic acids is 1. The Balaban J connectivity index is 1.76. The van der Waals surface area contributed by atoms with Crippen LogP contribution in [0.1, 0.15) is 67.8 Å². The highest BCUT2D eigenvalue weighted by molar-refractivity contribution is 6.01. The summed E-state index contributed by atoms with van der Waals surface area (Å²) in [5.74, 6) is -0.532. The normalized spacial score (nSPS) is 14.0. The van der Waals surface area contributed by atoms with Crippen molar-refractivity contribution in [3.05, 3.63) is 47.5 Å². The van der Waals surface area contributed by atoms with Crippen LogP contribution < -0.4 is 14.2 Å². The zero-order valence-electron chi connectivity index (χ0n) is 20.3. The van der Waals surface area contributed by atoms with Gasteiger partial charge in [0.1, 0.15) is 28.6 Å². The number of aromatic hydroxyl groups is 1. The highest BCUT2D eigenvalue weighted by Gasteiger charge is 2.42. The van der Waals surface area contributed by atoms with Crippen LogP contribution in [0, 0.1) is 0 Å². The molecular weight excluding hydrogens is 468 g/mol. The van der Waals surface area contributed by atoms with Gasteiger partial charge in [-0.1, -0.05) is 13.3 Å². The molecule has 0 aliphatic carbocycles. The van der Waals surface area contributed by atoms with E-state index in [0.717, 1.165) is 12.0 Å². The molecule has 0 fully saturated rings. The summed E-state index contributed by atoms with van der Waals surface area (Å²) >= 11 is 0. The average Bonchev–Trinajstić information content (AvgIpc) is 2.84. The van der Waals surface area contributed by atoms with Crippen molar-refractivity contribution < 1.29 is 43.9 Å². The predicted octanol–water partition coefficient (Wildman–Crippen LogP) is 4.63. The van der Waals surface area contributed by atoms with E-state index in [9.17, 15) is 29.7 Å². The second kappa shape index (κ2) is 12.3. The zero-order valence-corrected chi connectivity index (χ0v) is 20.3. The second-order valence-corrected chi connectivity index (χ2v) is 8.89. The number of fused-ring (bicyclic) bond motifs is 1. The largest absolute Gasteiger partial charge is 0.508 e. The fourth-order valence-corrected chi connectivity index (χ4v) is 4.26. The minimum absolute atomic E-state index is 0.0338. The van der Waals surface area contributed by atoms with Gasteiger partial charge in [-0.3, -0.25) is 14.4 Å². The first-order chi connectivity index (χ1) is 17.2. The minimum Gasteiger partial charge on any atom is -0.508 e. The Hall–Kier alpha value is -3.75. The molecule has 0 unspecified atom stereocenters. The average molecular weight is 501 g/mol. The monoisotopic (exact) mass is 500 g/mol. The maximum absolute atomic E-state index is 13.1. The fraction of sp³-hybridized carbons (Fsp3) is 0.444. The van der Waals surface area contributed by atoms with Crippen LogP contribution >= 0.6 is 0 Å².